The molecule has 0 spiro atoms. The molecule has 5 heteroatoms. The van der Waals surface area contributed by atoms with Gasteiger partial charge in [-0.15, -0.1) is 0 Å². The molecule has 0 saturated carbocycles. The van der Waals surface area contributed by atoms with Crippen LogP contribution in [0.2, 0.25) is 0 Å². The van der Waals surface area contributed by atoms with Crippen LogP contribution in [-0.4, -0.2) is 13.0 Å². The molecule has 12 heavy (non-hydrogen) atoms. The van der Waals surface area contributed by atoms with Gasteiger partial charge in [0.25, 0.3) is 10.1 Å². The summed E-state index contributed by atoms with van der Waals surface area (Å²) in [6.07, 6.45) is 0. The number of benzene rings is 1. The Kier molecular flexibility index (Phi) is 2.35. The number of nitrogen functional groups attached to an aromatic ring is 1. The second kappa shape index (κ2) is 3.12. The first kappa shape index (κ1) is 9.02. The van der Waals surface area contributed by atoms with Gasteiger partial charge in [-0.3, -0.25) is 4.55 Å². The molecule has 66 valence electrons. The summed E-state index contributed by atoms with van der Waals surface area (Å²) >= 11 is 0. The van der Waals surface area contributed by atoms with Crippen molar-refractivity contribution in [3.8, 4) is 0 Å². The third-order valence-corrected chi connectivity index (χ3v) is 2.03. The lowest BCUT2D eigenvalue weighted by Crippen LogP contribution is -2.01. The average Bonchev–Trinajstić information content (AvgIpc) is 1.91. The molecule has 1 aromatic rings. The maximum atomic E-state index is 10.4. The van der Waals surface area contributed by atoms with Crippen LogP contribution in [0.1, 0.15) is 5.56 Å². The Labute approximate surface area is 70.8 Å². The van der Waals surface area contributed by atoms with Crippen molar-refractivity contribution in [3.63, 3.8) is 0 Å². The van der Waals surface area contributed by atoms with Crippen molar-refractivity contribution in [1.82, 2.24) is 0 Å². The van der Waals surface area contributed by atoms with Gasteiger partial charge in [0, 0.05) is 5.69 Å². The monoisotopic (exact) mass is 187 g/mol. The summed E-state index contributed by atoms with van der Waals surface area (Å²) in [4.78, 5) is 0. The Hall–Kier alpha value is -1.07. The highest BCUT2D eigenvalue weighted by molar-refractivity contribution is 7.85. The largest absolute Gasteiger partial charge is 0.399 e. The van der Waals surface area contributed by atoms with E-state index in [1.54, 1.807) is 24.3 Å². The van der Waals surface area contributed by atoms with E-state index in [1.165, 1.54) is 0 Å². The van der Waals surface area contributed by atoms with Crippen molar-refractivity contribution in [2.45, 2.75) is 5.75 Å². The maximum Gasteiger partial charge on any atom is 0.269 e. The van der Waals surface area contributed by atoms with Crippen molar-refractivity contribution in [1.29, 1.82) is 0 Å². The van der Waals surface area contributed by atoms with Gasteiger partial charge in [0.15, 0.2) is 0 Å². The van der Waals surface area contributed by atoms with Crippen LogP contribution in [0, 0.1) is 0 Å². The van der Waals surface area contributed by atoms with Crippen LogP contribution in [0.4, 0.5) is 5.69 Å². The van der Waals surface area contributed by atoms with Crippen LogP contribution in [-0.2, 0) is 15.9 Å². The van der Waals surface area contributed by atoms with Crippen molar-refractivity contribution in [2.24, 2.45) is 0 Å². The van der Waals surface area contributed by atoms with E-state index >= 15 is 0 Å². The number of rotatable bonds is 2. The summed E-state index contributed by atoms with van der Waals surface area (Å²) in [7, 11) is -3.93. The third-order valence-electron chi connectivity index (χ3n) is 1.33. The first-order valence-corrected chi connectivity index (χ1v) is 4.88. The van der Waals surface area contributed by atoms with Gasteiger partial charge in [-0.2, -0.15) is 8.42 Å². The number of anilines is 1. The predicted octanol–water partition coefficient (Wildman–Crippen LogP) is 0.657. The highest BCUT2D eigenvalue weighted by Crippen LogP contribution is 2.07. The molecule has 0 unspecified atom stereocenters. The summed E-state index contributed by atoms with van der Waals surface area (Å²) in [6.45, 7) is 0. The molecule has 0 aliphatic rings. The lowest BCUT2D eigenvalue weighted by molar-refractivity contribution is 0.482. The zero-order valence-corrected chi connectivity index (χ0v) is 7.08. The van der Waals surface area contributed by atoms with Gasteiger partial charge >= 0.3 is 0 Å². The molecule has 4 nitrogen and oxygen atoms in total. The molecule has 3 N–H and O–H groups in total. The molecule has 0 radical (unpaired) electrons. The number of nitrogens with two attached hydrogens (primary N) is 1. The Balaban J connectivity index is 2.85. The SMILES string of the molecule is Nc1ccc(CS(=O)(=O)O)cc1. The zero-order valence-electron chi connectivity index (χ0n) is 6.27. The van der Waals surface area contributed by atoms with Crippen LogP contribution in [0.15, 0.2) is 24.3 Å². The van der Waals surface area contributed by atoms with Gasteiger partial charge in [0.05, 0.1) is 0 Å². The summed E-state index contributed by atoms with van der Waals surface area (Å²) < 4.78 is 29.3. The van der Waals surface area contributed by atoms with Crippen molar-refractivity contribution < 1.29 is 13.0 Å². The van der Waals surface area contributed by atoms with Crippen molar-refractivity contribution >= 4 is 15.8 Å². The molecule has 0 aliphatic carbocycles. The van der Waals surface area contributed by atoms with Gasteiger partial charge in [0.2, 0.25) is 0 Å². The summed E-state index contributed by atoms with van der Waals surface area (Å²) in [5.41, 5.74) is 6.46. The normalized spacial score (nSPS) is 11.4. The fraction of sp³-hybridized carbons (Fsp3) is 0.143. The molecule has 0 saturated heterocycles. The fourth-order valence-electron chi connectivity index (χ4n) is 0.824. The Morgan fingerprint density at radius 3 is 2.17 bits per heavy atom. The lowest BCUT2D eigenvalue weighted by atomic mass is 10.2. The average molecular weight is 187 g/mol. The third kappa shape index (κ3) is 2.89. The van der Waals surface area contributed by atoms with E-state index in [1.807, 2.05) is 0 Å². The van der Waals surface area contributed by atoms with E-state index in [9.17, 15) is 8.42 Å². The molecular weight excluding hydrogens is 178 g/mol. The molecule has 0 amide bonds. The first-order valence-electron chi connectivity index (χ1n) is 3.27. The molecule has 0 aromatic heterocycles. The lowest BCUT2D eigenvalue weighted by Gasteiger charge is -1.97. The van der Waals surface area contributed by atoms with Gasteiger partial charge in [-0.1, -0.05) is 12.1 Å². The fourth-order valence-corrected chi connectivity index (χ4v) is 1.44. The molecular formula is C7H9NO3S. The molecule has 1 aromatic carbocycles. The molecule has 0 fully saturated rings. The maximum absolute atomic E-state index is 10.4. The predicted molar refractivity (Wildman–Crippen MR) is 46.1 cm³/mol. The van der Waals surface area contributed by atoms with Crippen LogP contribution < -0.4 is 5.73 Å². The summed E-state index contributed by atoms with van der Waals surface area (Å²) in [5.74, 6) is -0.368. The smallest absolute Gasteiger partial charge is 0.269 e. The van der Waals surface area contributed by atoms with E-state index in [0.717, 1.165) is 0 Å². The van der Waals surface area contributed by atoms with Crippen LogP contribution in [0.5, 0.6) is 0 Å². The molecule has 1 rings (SSSR count). The zero-order chi connectivity index (χ0) is 9.19. The van der Waals surface area contributed by atoms with Crippen molar-refractivity contribution in [2.75, 3.05) is 5.73 Å². The van der Waals surface area contributed by atoms with Gasteiger partial charge < -0.3 is 5.73 Å². The first-order chi connectivity index (χ1) is 5.47. The van der Waals surface area contributed by atoms with Crippen LogP contribution in [0.3, 0.4) is 0 Å². The van der Waals surface area contributed by atoms with Gasteiger partial charge in [-0.25, -0.2) is 0 Å². The quantitative estimate of drug-likeness (QED) is 0.526. The van der Waals surface area contributed by atoms with E-state index in [2.05, 4.69) is 0 Å². The number of hydrogen-bond donors (Lipinski definition) is 2. The Bertz CT molecular complexity index is 355. The standard InChI is InChI=1S/C7H9NO3S/c8-7-3-1-6(2-4-7)5-12(9,10)11/h1-4H,5,8H2,(H,9,10,11). The van der Waals surface area contributed by atoms with E-state index in [-0.39, 0.29) is 5.75 Å². The Morgan fingerprint density at radius 2 is 1.75 bits per heavy atom. The highest BCUT2D eigenvalue weighted by atomic mass is 32.2. The van der Waals surface area contributed by atoms with E-state index in [4.69, 9.17) is 10.3 Å². The molecule has 0 bridgehead atoms. The molecule has 0 aliphatic heterocycles. The van der Waals surface area contributed by atoms with Crippen molar-refractivity contribution in [3.05, 3.63) is 29.8 Å². The van der Waals surface area contributed by atoms with Crippen LogP contribution >= 0.6 is 0 Å². The summed E-state index contributed by atoms with van der Waals surface area (Å²) in [6, 6.07) is 6.28. The summed E-state index contributed by atoms with van der Waals surface area (Å²) in [5, 5.41) is 0. The minimum atomic E-state index is -3.93. The molecule has 0 atom stereocenters. The second-order valence-corrected chi connectivity index (χ2v) is 3.92. The minimum Gasteiger partial charge on any atom is -0.399 e. The van der Waals surface area contributed by atoms with Gasteiger partial charge in [0.1, 0.15) is 5.75 Å². The van der Waals surface area contributed by atoms with E-state index < -0.39 is 10.1 Å². The minimum absolute atomic E-state index is 0.368. The van der Waals surface area contributed by atoms with Crippen LogP contribution in [0.25, 0.3) is 0 Å². The Morgan fingerprint density at radius 1 is 1.25 bits per heavy atom. The topological polar surface area (TPSA) is 80.4 Å². The van der Waals surface area contributed by atoms with E-state index in [0.29, 0.717) is 11.3 Å². The highest BCUT2D eigenvalue weighted by Gasteiger charge is 2.05. The number of hydrogen-bond acceptors (Lipinski definition) is 3. The van der Waals surface area contributed by atoms with Gasteiger partial charge in [-0.05, 0) is 17.7 Å². The molecule has 0 heterocycles. The second-order valence-electron chi connectivity index (χ2n) is 2.47.